The van der Waals surface area contributed by atoms with Gasteiger partial charge in [0.15, 0.2) is 11.4 Å². The van der Waals surface area contributed by atoms with Crippen molar-refractivity contribution in [2.24, 2.45) is 0 Å². The lowest BCUT2D eigenvalue weighted by Crippen LogP contribution is -2.28. The molecular formula is C55H42N2O. The SMILES string of the molecule is CC1(C)c2ccc(-c3ccc(-c4ccc(-c5nc(-c6ccccc6)nc6c5oc5ccccc56)cc4)cc3)cc2-c2cc3c(cc21)-c1ccccc1C31CCCCC1. The Labute approximate surface area is 339 Å². The van der Waals surface area contributed by atoms with Crippen molar-refractivity contribution in [1.82, 2.24) is 9.97 Å². The van der Waals surface area contributed by atoms with E-state index in [1.165, 1.54) is 82.2 Å². The van der Waals surface area contributed by atoms with Gasteiger partial charge in [0, 0.05) is 27.3 Å². The van der Waals surface area contributed by atoms with Gasteiger partial charge in [0.25, 0.3) is 0 Å². The number of furan rings is 1. The first-order valence-corrected chi connectivity index (χ1v) is 20.9. The zero-order chi connectivity index (χ0) is 38.6. The fourth-order valence-corrected chi connectivity index (χ4v) is 10.7. The molecule has 2 heterocycles. The summed E-state index contributed by atoms with van der Waals surface area (Å²) in [6.07, 6.45) is 6.46. The highest BCUT2D eigenvalue weighted by Gasteiger charge is 2.46. The summed E-state index contributed by atoms with van der Waals surface area (Å²) in [6, 6.07) is 57.6. The number of hydrogen-bond acceptors (Lipinski definition) is 3. The van der Waals surface area contributed by atoms with Crippen LogP contribution < -0.4 is 0 Å². The standard InChI is InChI=1S/C55H42N2O/c1-54(2)45-28-27-39(31-42(45)44-33-48-43(32-47(44)54)40-15-7-9-17-46(40)55(48)29-11-4-12-30-55)36-21-19-34(20-22-36)35-23-25-37(26-24-35)50-52-51(41-16-8-10-18-49(41)58-52)57-53(56-50)38-13-5-3-6-14-38/h3,5-10,13-28,31-33H,4,11-12,29-30H2,1-2H3. The highest BCUT2D eigenvalue weighted by Crippen LogP contribution is 2.60. The molecule has 0 saturated heterocycles. The van der Waals surface area contributed by atoms with Crippen LogP contribution in [0.5, 0.6) is 0 Å². The third kappa shape index (κ3) is 4.86. The van der Waals surface area contributed by atoms with E-state index in [-0.39, 0.29) is 10.8 Å². The van der Waals surface area contributed by atoms with Crippen LogP contribution in [0.25, 0.3) is 89.2 Å². The Morgan fingerprint density at radius 2 is 1.05 bits per heavy atom. The zero-order valence-corrected chi connectivity index (χ0v) is 32.8. The average molecular weight is 747 g/mol. The molecular weight excluding hydrogens is 705 g/mol. The normalized spacial score (nSPS) is 15.7. The fourth-order valence-electron chi connectivity index (χ4n) is 10.7. The molecule has 0 amide bonds. The number of rotatable bonds is 4. The Bertz CT molecular complexity index is 3090. The molecule has 12 rings (SSSR count). The van der Waals surface area contributed by atoms with Gasteiger partial charge in [0.1, 0.15) is 16.8 Å². The van der Waals surface area contributed by atoms with E-state index in [9.17, 15) is 0 Å². The van der Waals surface area contributed by atoms with Crippen molar-refractivity contribution in [2.45, 2.75) is 56.8 Å². The molecule has 3 aliphatic carbocycles. The molecule has 1 saturated carbocycles. The summed E-state index contributed by atoms with van der Waals surface area (Å²) in [5.74, 6) is 0.690. The Morgan fingerprint density at radius 1 is 0.448 bits per heavy atom. The smallest absolute Gasteiger partial charge is 0.180 e. The van der Waals surface area contributed by atoms with Crippen LogP contribution in [-0.4, -0.2) is 9.97 Å². The van der Waals surface area contributed by atoms with Crippen molar-refractivity contribution < 1.29 is 4.42 Å². The number of para-hydroxylation sites is 1. The fraction of sp³-hybridized carbons (Fsp3) is 0.164. The summed E-state index contributed by atoms with van der Waals surface area (Å²) in [4.78, 5) is 10.1. The zero-order valence-electron chi connectivity index (χ0n) is 32.8. The molecule has 0 aliphatic heterocycles. The molecule has 58 heavy (non-hydrogen) atoms. The topological polar surface area (TPSA) is 38.9 Å². The molecule has 3 heteroatoms. The van der Waals surface area contributed by atoms with E-state index in [1.54, 1.807) is 11.1 Å². The lowest BCUT2D eigenvalue weighted by molar-refractivity contribution is 0.353. The third-order valence-corrected chi connectivity index (χ3v) is 13.7. The van der Waals surface area contributed by atoms with Crippen molar-refractivity contribution in [3.63, 3.8) is 0 Å². The second-order valence-corrected chi connectivity index (χ2v) is 17.2. The molecule has 0 radical (unpaired) electrons. The molecule has 0 bridgehead atoms. The van der Waals surface area contributed by atoms with Crippen LogP contribution in [0, 0.1) is 0 Å². The first kappa shape index (κ1) is 33.5. The minimum absolute atomic E-state index is 0.0589. The molecule has 278 valence electrons. The molecule has 0 unspecified atom stereocenters. The van der Waals surface area contributed by atoms with Crippen molar-refractivity contribution in [3.05, 3.63) is 180 Å². The number of benzene rings is 7. The van der Waals surface area contributed by atoms with E-state index < -0.39 is 0 Å². The Hall–Kier alpha value is -6.58. The number of fused-ring (bicyclic) bond motifs is 11. The van der Waals surface area contributed by atoms with E-state index >= 15 is 0 Å². The third-order valence-electron chi connectivity index (χ3n) is 13.7. The maximum absolute atomic E-state index is 6.39. The number of hydrogen-bond donors (Lipinski definition) is 0. The summed E-state index contributed by atoms with van der Waals surface area (Å²) < 4.78 is 6.39. The van der Waals surface area contributed by atoms with Crippen LogP contribution in [0.2, 0.25) is 0 Å². The molecule has 0 N–H and O–H groups in total. The van der Waals surface area contributed by atoms with Crippen molar-refractivity contribution in [2.75, 3.05) is 0 Å². The van der Waals surface area contributed by atoms with Crippen LogP contribution in [0.3, 0.4) is 0 Å². The van der Waals surface area contributed by atoms with E-state index in [1.807, 2.05) is 36.4 Å². The van der Waals surface area contributed by atoms with Gasteiger partial charge >= 0.3 is 0 Å². The van der Waals surface area contributed by atoms with Crippen molar-refractivity contribution >= 4 is 22.1 Å². The van der Waals surface area contributed by atoms with Gasteiger partial charge in [0.2, 0.25) is 0 Å². The maximum atomic E-state index is 6.39. The quantitative estimate of drug-likeness (QED) is 0.180. The van der Waals surface area contributed by atoms with Gasteiger partial charge in [0.05, 0.1) is 0 Å². The van der Waals surface area contributed by atoms with Gasteiger partial charge in [-0.15, -0.1) is 0 Å². The van der Waals surface area contributed by atoms with Crippen LogP contribution in [0.1, 0.15) is 68.2 Å². The predicted octanol–water partition coefficient (Wildman–Crippen LogP) is 14.6. The van der Waals surface area contributed by atoms with Gasteiger partial charge in [-0.3, -0.25) is 0 Å². The minimum atomic E-state index is -0.0589. The highest BCUT2D eigenvalue weighted by molar-refractivity contribution is 6.07. The molecule has 7 aromatic carbocycles. The highest BCUT2D eigenvalue weighted by atomic mass is 16.3. The summed E-state index contributed by atoms with van der Waals surface area (Å²) >= 11 is 0. The Morgan fingerprint density at radius 3 is 1.83 bits per heavy atom. The van der Waals surface area contributed by atoms with Gasteiger partial charge in [-0.25, -0.2) is 9.97 Å². The molecule has 0 atom stereocenters. The van der Waals surface area contributed by atoms with E-state index in [0.717, 1.165) is 38.9 Å². The largest absolute Gasteiger partial charge is 0.452 e. The monoisotopic (exact) mass is 746 g/mol. The van der Waals surface area contributed by atoms with Crippen LogP contribution in [0.4, 0.5) is 0 Å². The summed E-state index contributed by atoms with van der Waals surface area (Å²) in [7, 11) is 0. The minimum Gasteiger partial charge on any atom is -0.452 e. The molecule has 3 aliphatic rings. The number of aromatic nitrogens is 2. The predicted molar refractivity (Wildman–Crippen MR) is 238 cm³/mol. The van der Waals surface area contributed by atoms with E-state index in [4.69, 9.17) is 14.4 Å². The van der Waals surface area contributed by atoms with Gasteiger partial charge in [-0.05, 0) is 110 Å². The first-order chi connectivity index (χ1) is 28.5. The first-order valence-electron chi connectivity index (χ1n) is 20.9. The van der Waals surface area contributed by atoms with Gasteiger partial charge in [-0.2, -0.15) is 0 Å². The number of nitrogens with zero attached hydrogens (tertiary/aromatic N) is 2. The Balaban J connectivity index is 0.884. The average Bonchev–Trinajstić information content (AvgIpc) is 3.86. The van der Waals surface area contributed by atoms with Gasteiger partial charge < -0.3 is 4.42 Å². The molecule has 9 aromatic rings. The second kappa shape index (κ2) is 12.5. The lowest BCUT2D eigenvalue weighted by Gasteiger charge is -2.36. The molecule has 1 fully saturated rings. The van der Waals surface area contributed by atoms with Crippen molar-refractivity contribution in [1.29, 1.82) is 0 Å². The lowest BCUT2D eigenvalue weighted by atomic mass is 9.67. The van der Waals surface area contributed by atoms with Gasteiger partial charge in [-0.1, -0.05) is 161 Å². The molecule has 3 nitrogen and oxygen atoms in total. The van der Waals surface area contributed by atoms with Crippen LogP contribution >= 0.6 is 0 Å². The second-order valence-electron chi connectivity index (χ2n) is 17.2. The Kier molecular flexibility index (Phi) is 7.21. The molecule has 1 spiro atoms. The maximum Gasteiger partial charge on any atom is 0.180 e. The summed E-state index contributed by atoms with van der Waals surface area (Å²) in [5.41, 5.74) is 21.8. The van der Waals surface area contributed by atoms with Crippen LogP contribution in [-0.2, 0) is 10.8 Å². The molecule has 2 aromatic heterocycles. The van der Waals surface area contributed by atoms with E-state index in [2.05, 4.69) is 135 Å². The van der Waals surface area contributed by atoms with Crippen LogP contribution in [0.15, 0.2) is 162 Å². The van der Waals surface area contributed by atoms with Crippen molar-refractivity contribution in [3.8, 4) is 67.2 Å². The summed E-state index contributed by atoms with van der Waals surface area (Å²) in [5, 5.41) is 0.994. The van der Waals surface area contributed by atoms with E-state index in [0.29, 0.717) is 11.4 Å². The summed E-state index contributed by atoms with van der Waals surface area (Å²) in [6.45, 7) is 4.82.